The molecule has 6 nitrogen and oxygen atoms in total. The molecule has 0 bridgehead atoms. The number of rotatable bonds is 4. The Bertz CT molecular complexity index is 946. The molecule has 0 aromatic heterocycles. The summed E-state index contributed by atoms with van der Waals surface area (Å²) in [7, 11) is 0. The number of aryl methyl sites for hydroxylation is 1. The Morgan fingerprint density at radius 3 is 2.81 bits per heavy atom. The van der Waals surface area contributed by atoms with Crippen LogP contribution in [0.2, 0.25) is 5.02 Å². The fourth-order valence-corrected chi connectivity index (χ4v) is 3.99. The van der Waals surface area contributed by atoms with Crippen LogP contribution >= 0.6 is 11.6 Å². The molecule has 1 saturated heterocycles. The first-order valence-corrected chi connectivity index (χ1v) is 9.11. The number of imide groups is 1. The topological polar surface area (TPSA) is 78.5 Å². The summed E-state index contributed by atoms with van der Waals surface area (Å²) in [6, 6.07) is 14.2. The standard InChI is InChI=1S/C20H18ClN3O3/c21-15-6-3-4-13(10-15)11-22-17(25)12-24-18(26)20(23-19(24)27)9-8-14-5-1-2-7-16(14)20/h1-7,10H,8-9,11-12H2,(H,22,25)(H,23,27). The van der Waals surface area contributed by atoms with Crippen LogP contribution in [0, 0.1) is 0 Å². The first-order valence-electron chi connectivity index (χ1n) is 8.73. The fourth-order valence-electron chi connectivity index (χ4n) is 3.78. The molecule has 4 rings (SSSR count). The van der Waals surface area contributed by atoms with Crippen molar-refractivity contribution in [2.45, 2.75) is 24.9 Å². The minimum Gasteiger partial charge on any atom is -0.350 e. The van der Waals surface area contributed by atoms with Crippen LogP contribution in [0.25, 0.3) is 0 Å². The fraction of sp³-hybridized carbons (Fsp3) is 0.250. The number of hydrogen-bond donors (Lipinski definition) is 2. The molecule has 1 aliphatic carbocycles. The summed E-state index contributed by atoms with van der Waals surface area (Å²) < 4.78 is 0. The van der Waals surface area contributed by atoms with E-state index in [1.165, 1.54) is 0 Å². The van der Waals surface area contributed by atoms with Gasteiger partial charge >= 0.3 is 6.03 Å². The predicted octanol–water partition coefficient (Wildman–Crippen LogP) is 2.35. The Kier molecular flexibility index (Phi) is 4.36. The zero-order valence-corrected chi connectivity index (χ0v) is 15.3. The van der Waals surface area contributed by atoms with E-state index in [0.29, 0.717) is 11.4 Å². The lowest BCUT2D eigenvalue weighted by Crippen LogP contribution is -2.43. The quantitative estimate of drug-likeness (QED) is 0.795. The van der Waals surface area contributed by atoms with Crippen LogP contribution in [0.15, 0.2) is 48.5 Å². The number of nitrogens with one attached hydrogen (secondary N) is 2. The SMILES string of the molecule is O=C(CN1C(=O)NC2(CCc3ccccc32)C1=O)NCc1cccc(Cl)c1. The molecule has 27 heavy (non-hydrogen) atoms. The molecule has 2 N–H and O–H groups in total. The van der Waals surface area contributed by atoms with Crippen LogP contribution in [0.1, 0.15) is 23.1 Å². The highest BCUT2D eigenvalue weighted by atomic mass is 35.5. The smallest absolute Gasteiger partial charge is 0.325 e. The van der Waals surface area contributed by atoms with Gasteiger partial charge in [0.2, 0.25) is 5.91 Å². The third kappa shape index (κ3) is 3.06. The second-order valence-corrected chi connectivity index (χ2v) is 7.23. The summed E-state index contributed by atoms with van der Waals surface area (Å²) in [5, 5.41) is 6.11. The van der Waals surface area contributed by atoms with E-state index in [1.807, 2.05) is 30.3 Å². The Hall–Kier alpha value is -2.86. The van der Waals surface area contributed by atoms with Gasteiger partial charge in [-0.3, -0.25) is 14.5 Å². The number of carbonyl (C=O) groups excluding carboxylic acids is 3. The van der Waals surface area contributed by atoms with Gasteiger partial charge in [-0.05, 0) is 41.7 Å². The molecular weight excluding hydrogens is 366 g/mol. The van der Waals surface area contributed by atoms with E-state index in [1.54, 1.807) is 18.2 Å². The Labute approximate surface area is 161 Å². The van der Waals surface area contributed by atoms with Gasteiger partial charge in [0, 0.05) is 11.6 Å². The van der Waals surface area contributed by atoms with E-state index in [2.05, 4.69) is 10.6 Å². The first kappa shape index (κ1) is 17.5. The molecule has 2 aromatic carbocycles. The molecule has 1 fully saturated rings. The maximum absolute atomic E-state index is 13.0. The van der Waals surface area contributed by atoms with Gasteiger partial charge in [0.15, 0.2) is 0 Å². The Morgan fingerprint density at radius 1 is 1.19 bits per heavy atom. The van der Waals surface area contributed by atoms with Crippen LogP contribution in [0.4, 0.5) is 4.79 Å². The zero-order chi connectivity index (χ0) is 19.0. The van der Waals surface area contributed by atoms with Gasteiger partial charge in [0.25, 0.3) is 5.91 Å². The molecule has 2 aliphatic rings. The van der Waals surface area contributed by atoms with Crippen LogP contribution in [0.3, 0.4) is 0 Å². The molecule has 2 aromatic rings. The van der Waals surface area contributed by atoms with Crippen LogP contribution in [-0.2, 0) is 28.1 Å². The molecule has 0 saturated carbocycles. The van der Waals surface area contributed by atoms with E-state index >= 15 is 0 Å². The van der Waals surface area contributed by atoms with Crippen molar-refractivity contribution in [1.82, 2.24) is 15.5 Å². The molecule has 4 amide bonds. The van der Waals surface area contributed by atoms with Gasteiger partial charge in [0.05, 0.1) is 0 Å². The van der Waals surface area contributed by atoms with Crippen LogP contribution in [0.5, 0.6) is 0 Å². The minimum atomic E-state index is -1.04. The number of hydrogen-bond acceptors (Lipinski definition) is 3. The average Bonchev–Trinajstić information content (AvgIpc) is 3.14. The lowest BCUT2D eigenvalue weighted by molar-refractivity contribution is -0.135. The highest BCUT2D eigenvalue weighted by molar-refractivity contribution is 6.30. The van der Waals surface area contributed by atoms with Crippen molar-refractivity contribution >= 4 is 29.4 Å². The minimum absolute atomic E-state index is 0.275. The number of carbonyl (C=O) groups is 3. The van der Waals surface area contributed by atoms with Gasteiger partial charge in [-0.25, -0.2) is 4.79 Å². The average molecular weight is 384 g/mol. The third-order valence-electron chi connectivity index (χ3n) is 5.10. The van der Waals surface area contributed by atoms with E-state index in [0.717, 1.165) is 28.0 Å². The van der Waals surface area contributed by atoms with Crippen LogP contribution in [-0.4, -0.2) is 29.3 Å². The highest BCUT2D eigenvalue weighted by Gasteiger charge is 2.55. The van der Waals surface area contributed by atoms with Gasteiger partial charge in [0.1, 0.15) is 12.1 Å². The van der Waals surface area contributed by atoms with E-state index in [9.17, 15) is 14.4 Å². The summed E-state index contributed by atoms with van der Waals surface area (Å²) >= 11 is 5.93. The van der Waals surface area contributed by atoms with Gasteiger partial charge < -0.3 is 10.6 Å². The monoisotopic (exact) mass is 383 g/mol. The molecule has 0 radical (unpaired) electrons. The van der Waals surface area contributed by atoms with Crippen molar-refractivity contribution in [2.75, 3.05) is 6.54 Å². The van der Waals surface area contributed by atoms with Crippen LogP contribution < -0.4 is 10.6 Å². The number of benzene rings is 2. The Morgan fingerprint density at radius 2 is 2.00 bits per heavy atom. The molecule has 1 heterocycles. The summed E-state index contributed by atoms with van der Waals surface area (Å²) in [4.78, 5) is 38.7. The first-order chi connectivity index (χ1) is 13.0. The van der Waals surface area contributed by atoms with Crippen molar-refractivity contribution in [1.29, 1.82) is 0 Å². The molecule has 1 spiro atoms. The van der Waals surface area contributed by atoms with Crippen molar-refractivity contribution in [2.24, 2.45) is 0 Å². The third-order valence-corrected chi connectivity index (χ3v) is 5.34. The summed E-state index contributed by atoms with van der Waals surface area (Å²) in [5.74, 6) is -0.767. The highest BCUT2D eigenvalue weighted by Crippen LogP contribution is 2.41. The summed E-state index contributed by atoms with van der Waals surface area (Å²) in [6.45, 7) is -0.0355. The largest absolute Gasteiger partial charge is 0.350 e. The lowest BCUT2D eigenvalue weighted by atomic mass is 9.92. The molecule has 1 unspecified atom stereocenters. The second kappa shape index (κ2) is 6.70. The normalized spacial score (nSPS) is 20.7. The Balaban J connectivity index is 1.45. The number of halogens is 1. The molecule has 1 aliphatic heterocycles. The van der Waals surface area contributed by atoms with Gasteiger partial charge in [-0.2, -0.15) is 0 Å². The van der Waals surface area contributed by atoms with E-state index in [4.69, 9.17) is 11.6 Å². The zero-order valence-electron chi connectivity index (χ0n) is 14.5. The molecular formula is C20H18ClN3O3. The number of fused-ring (bicyclic) bond motifs is 2. The number of nitrogens with zero attached hydrogens (tertiary/aromatic N) is 1. The van der Waals surface area contributed by atoms with Crippen molar-refractivity contribution in [3.8, 4) is 0 Å². The number of amides is 4. The van der Waals surface area contributed by atoms with E-state index in [-0.39, 0.29) is 19.0 Å². The maximum atomic E-state index is 13.0. The molecule has 138 valence electrons. The van der Waals surface area contributed by atoms with E-state index < -0.39 is 17.5 Å². The maximum Gasteiger partial charge on any atom is 0.325 e. The van der Waals surface area contributed by atoms with Gasteiger partial charge in [-0.15, -0.1) is 0 Å². The summed E-state index contributed by atoms with van der Waals surface area (Å²) in [5.41, 5.74) is 1.68. The predicted molar refractivity (Wildman–Crippen MR) is 100.0 cm³/mol. The number of urea groups is 1. The van der Waals surface area contributed by atoms with Crippen molar-refractivity contribution in [3.05, 3.63) is 70.2 Å². The van der Waals surface area contributed by atoms with Crippen molar-refractivity contribution < 1.29 is 14.4 Å². The van der Waals surface area contributed by atoms with Crippen molar-refractivity contribution in [3.63, 3.8) is 0 Å². The van der Waals surface area contributed by atoms with Gasteiger partial charge in [-0.1, -0.05) is 48.0 Å². The lowest BCUT2D eigenvalue weighted by Gasteiger charge is -2.22. The summed E-state index contributed by atoms with van der Waals surface area (Å²) in [6.07, 6.45) is 1.23. The molecule has 1 atom stereocenters. The second-order valence-electron chi connectivity index (χ2n) is 6.79. The molecule has 7 heteroatoms.